The van der Waals surface area contributed by atoms with Crippen LogP contribution in [0, 0.1) is 6.92 Å². The second kappa shape index (κ2) is 13.0. The molecule has 1 N–H and O–H groups in total. The Morgan fingerprint density at radius 3 is 2.05 bits per heavy atom. The van der Waals surface area contributed by atoms with Crippen LogP contribution in [0.4, 0.5) is 5.69 Å². The van der Waals surface area contributed by atoms with E-state index in [1.54, 1.807) is 19.1 Å². The minimum absolute atomic E-state index is 0.0123. The Morgan fingerprint density at radius 1 is 0.923 bits per heavy atom. The zero-order valence-corrected chi connectivity index (χ0v) is 24.3. The molecule has 0 heterocycles. The Hall–Kier alpha value is -3.56. The van der Waals surface area contributed by atoms with Gasteiger partial charge in [0.05, 0.1) is 17.7 Å². The smallest absolute Gasteiger partial charge is 0.264 e. The standard InChI is InChI=1S/C29H34ClN3O5S/c1-20(2)31-29(35)22(4)32(18-23-8-6-21(3)7-9-23)28(34)19-33(25-12-10-24(30)11-13-25)39(36,37)27-16-14-26(38-5)15-17-27/h6-17,20,22H,18-19H2,1-5H3,(H,31,35)/t22-/m1/s1. The van der Waals surface area contributed by atoms with E-state index >= 15 is 0 Å². The highest BCUT2D eigenvalue weighted by Crippen LogP contribution is 2.27. The van der Waals surface area contributed by atoms with Gasteiger partial charge in [-0.3, -0.25) is 13.9 Å². The zero-order valence-electron chi connectivity index (χ0n) is 22.7. The summed E-state index contributed by atoms with van der Waals surface area (Å²) in [6.07, 6.45) is 0. The Morgan fingerprint density at radius 2 is 1.51 bits per heavy atom. The fraction of sp³-hybridized carbons (Fsp3) is 0.310. The number of halogens is 1. The van der Waals surface area contributed by atoms with E-state index in [9.17, 15) is 18.0 Å². The summed E-state index contributed by atoms with van der Waals surface area (Å²) in [7, 11) is -2.69. The summed E-state index contributed by atoms with van der Waals surface area (Å²) < 4.78 is 33.8. The van der Waals surface area contributed by atoms with Crippen molar-refractivity contribution in [3.8, 4) is 5.75 Å². The quantitative estimate of drug-likeness (QED) is 0.357. The van der Waals surface area contributed by atoms with Gasteiger partial charge in [0.2, 0.25) is 11.8 Å². The number of hydrogen-bond donors (Lipinski definition) is 1. The Balaban J connectivity index is 2.02. The van der Waals surface area contributed by atoms with Crippen LogP contribution in [0.3, 0.4) is 0 Å². The van der Waals surface area contributed by atoms with Crippen molar-refractivity contribution >= 4 is 39.1 Å². The first-order valence-corrected chi connectivity index (χ1v) is 14.3. The van der Waals surface area contributed by atoms with E-state index in [1.807, 2.05) is 45.0 Å². The number of ether oxygens (including phenoxy) is 1. The van der Waals surface area contributed by atoms with Crippen molar-refractivity contribution in [1.29, 1.82) is 0 Å². The summed E-state index contributed by atoms with van der Waals surface area (Å²) >= 11 is 6.05. The monoisotopic (exact) mass is 571 g/mol. The van der Waals surface area contributed by atoms with E-state index in [4.69, 9.17) is 16.3 Å². The predicted molar refractivity (Wildman–Crippen MR) is 153 cm³/mol. The maximum atomic E-state index is 13.9. The minimum atomic E-state index is -4.18. The molecule has 0 spiro atoms. The molecule has 0 aliphatic rings. The number of carbonyl (C=O) groups is 2. The second-order valence-electron chi connectivity index (χ2n) is 9.51. The predicted octanol–water partition coefficient (Wildman–Crippen LogP) is 4.79. The number of nitrogens with one attached hydrogen (secondary N) is 1. The molecule has 0 radical (unpaired) electrons. The van der Waals surface area contributed by atoms with Crippen molar-refractivity contribution in [2.24, 2.45) is 0 Å². The number of aryl methyl sites for hydroxylation is 1. The van der Waals surface area contributed by atoms with Gasteiger partial charge in [-0.1, -0.05) is 41.4 Å². The normalized spacial score (nSPS) is 12.1. The number of methoxy groups -OCH3 is 1. The first-order valence-electron chi connectivity index (χ1n) is 12.5. The molecule has 0 fully saturated rings. The summed E-state index contributed by atoms with van der Waals surface area (Å²) in [4.78, 5) is 28.2. The number of amides is 2. The van der Waals surface area contributed by atoms with E-state index in [1.165, 1.54) is 48.4 Å². The third-order valence-electron chi connectivity index (χ3n) is 6.11. The molecule has 39 heavy (non-hydrogen) atoms. The molecule has 3 aromatic carbocycles. The van der Waals surface area contributed by atoms with Gasteiger partial charge in [-0.05, 0) is 81.8 Å². The lowest BCUT2D eigenvalue weighted by atomic mass is 10.1. The van der Waals surface area contributed by atoms with Gasteiger partial charge in [0, 0.05) is 17.6 Å². The number of rotatable bonds is 11. The van der Waals surface area contributed by atoms with Gasteiger partial charge in [-0.25, -0.2) is 8.42 Å². The highest BCUT2D eigenvalue weighted by molar-refractivity contribution is 7.92. The van der Waals surface area contributed by atoms with Gasteiger partial charge in [0.25, 0.3) is 10.0 Å². The fourth-order valence-electron chi connectivity index (χ4n) is 3.89. The lowest BCUT2D eigenvalue weighted by Gasteiger charge is -2.32. The van der Waals surface area contributed by atoms with E-state index in [0.29, 0.717) is 10.8 Å². The maximum Gasteiger partial charge on any atom is 0.264 e. The maximum absolute atomic E-state index is 13.9. The molecular weight excluding hydrogens is 538 g/mol. The van der Waals surface area contributed by atoms with Gasteiger partial charge in [-0.15, -0.1) is 0 Å². The fourth-order valence-corrected chi connectivity index (χ4v) is 5.43. The summed E-state index contributed by atoms with van der Waals surface area (Å²) in [6, 6.07) is 18.7. The lowest BCUT2D eigenvalue weighted by molar-refractivity contribution is -0.139. The van der Waals surface area contributed by atoms with Gasteiger partial charge < -0.3 is 15.0 Å². The molecule has 1 atom stereocenters. The second-order valence-corrected chi connectivity index (χ2v) is 11.8. The zero-order chi connectivity index (χ0) is 28.7. The minimum Gasteiger partial charge on any atom is -0.497 e. The van der Waals surface area contributed by atoms with Crippen molar-refractivity contribution < 1.29 is 22.7 Å². The number of nitrogens with zero attached hydrogens (tertiary/aromatic N) is 2. The molecule has 0 aromatic heterocycles. The SMILES string of the molecule is COc1ccc(S(=O)(=O)N(CC(=O)N(Cc2ccc(C)cc2)[C@H](C)C(=O)NC(C)C)c2ccc(Cl)cc2)cc1. The van der Waals surface area contributed by atoms with Crippen LogP contribution in [0.5, 0.6) is 5.75 Å². The van der Waals surface area contributed by atoms with Crippen molar-refractivity contribution in [1.82, 2.24) is 10.2 Å². The van der Waals surface area contributed by atoms with Crippen molar-refractivity contribution in [3.63, 3.8) is 0 Å². The number of sulfonamides is 1. The van der Waals surface area contributed by atoms with E-state index in [2.05, 4.69) is 5.32 Å². The Kier molecular flexibility index (Phi) is 9.99. The average molecular weight is 572 g/mol. The van der Waals surface area contributed by atoms with Crippen LogP contribution in [-0.4, -0.2) is 50.9 Å². The Bertz CT molecular complexity index is 1380. The van der Waals surface area contributed by atoms with E-state index in [0.717, 1.165) is 15.4 Å². The van der Waals surface area contributed by atoms with Gasteiger partial charge >= 0.3 is 0 Å². The molecule has 3 aromatic rings. The van der Waals surface area contributed by atoms with E-state index in [-0.39, 0.29) is 29.1 Å². The molecule has 2 amide bonds. The van der Waals surface area contributed by atoms with Crippen LogP contribution in [0.1, 0.15) is 31.9 Å². The van der Waals surface area contributed by atoms with Gasteiger partial charge in [0.1, 0.15) is 18.3 Å². The molecule has 0 aliphatic heterocycles. The summed E-state index contributed by atoms with van der Waals surface area (Å²) in [6.45, 7) is 6.86. The molecule has 0 unspecified atom stereocenters. The molecule has 0 saturated carbocycles. The van der Waals surface area contributed by atoms with Crippen molar-refractivity contribution in [3.05, 3.63) is 88.9 Å². The summed E-state index contributed by atoms with van der Waals surface area (Å²) in [5.74, 6) is -0.368. The van der Waals surface area contributed by atoms with Crippen molar-refractivity contribution in [2.45, 2.75) is 51.2 Å². The topological polar surface area (TPSA) is 96.0 Å². The molecule has 8 nitrogen and oxygen atoms in total. The number of hydrogen-bond acceptors (Lipinski definition) is 5. The third kappa shape index (κ3) is 7.74. The molecule has 0 aliphatic carbocycles. The van der Waals surface area contributed by atoms with Crippen LogP contribution in [-0.2, 0) is 26.2 Å². The molecule has 208 valence electrons. The number of carbonyl (C=O) groups excluding carboxylic acids is 2. The number of anilines is 1. The third-order valence-corrected chi connectivity index (χ3v) is 8.15. The van der Waals surface area contributed by atoms with Crippen LogP contribution in [0.2, 0.25) is 5.02 Å². The Labute approximate surface area is 235 Å². The lowest BCUT2D eigenvalue weighted by Crippen LogP contribution is -2.52. The highest BCUT2D eigenvalue weighted by atomic mass is 35.5. The van der Waals surface area contributed by atoms with Gasteiger partial charge in [-0.2, -0.15) is 0 Å². The van der Waals surface area contributed by atoms with Crippen LogP contribution in [0.25, 0.3) is 0 Å². The first kappa shape index (κ1) is 30.0. The van der Waals surface area contributed by atoms with Crippen LogP contribution >= 0.6 is 11.6 Å². The molecule has 10 heteroatoms. The molecule has 0 saturated heterocycles. The summed E-state index contributed by atoms with van der Waals surface area (Å²) in [5.41, 5.74) is 2.13. The highest BCUT2D eigenvalue weighted by Gasteiger charge is 2.32. The largest absolute Gasteiger partial charge is 0.497 e. The molecule has 0 bridgehead atoms. The van der Waals surface area contributed by atoms with Crippen molar-refractivity contribution in [2.75, 3.05) is 18.0 Å². The first-order chi connectivity index (χ1) is 18.4. The van der Waals surface area contributed by atoms with Crippen LogP contribution in [0.15, 0.2) is 77.7 Å². The average Bonchev–Trinajstić information content (AvgIpc) is 2.91. The molecular formula is C29H34ClN3O5S. The molecule has 3 rings (SSSR count). The number of benzene rings is 3. The summed E-state index contributed by atoms with van der Waals surface area (Å²) in [5, 5.41) is 3.26. The van der Waals surface area contributed by atoms with Gasteiger partial charge in [0.15, 0.2) is 0 Å². The van der Waals surface area contributed by atoms with Crippen LogP contribution < -0.4 is 14.4 Å². The van der Waals surface area contributed by atoms with E-state index < -0.39 is 28.5 Å².